The standard InChI is InChI=1S/C27H27N5O2S/c1-17-23-25(28-11-10-18-6-3-2-4-7-18)29-16-30-26(23)35-24(17)27(34)31-13-19-12-20(15-31)21-8-5-9-22(33)32(21)14-19/h2-9,16,19-20H,10-15H2,1H3,(H,28,29,30)/t19-,20+/m0/s1. The van der Waals surface area contributed by atoms with Crippen LogP contribution in [0.5, 0.6) is 0 Å². The van der Waals surface area contributed by atoms with Crippen LogP contribution in [0.25, 0.3) is 10.2 Å². The van der Waals surface area contributed by atoms with Crippen molar-refractivity contribution < 1.29 is 4.79 Å². The number of benzene rings is 1. The van der Waals surface area contributed by atoms with Crippen LogP contribution >= 0.6 is 11.3 Å². The maximum Gasteiger partial charge on any atom is 0.264 e. The van der Waals surface area contributed by atoms with Gasteiger partial charge in [-0.15, -0.1) is 11.3 Å². The van der Waals surface area contributed by atoms with Crippen molar-refractivity contribution in [3.05, 3.63) is 86.9 Å². The summed E-state index contributed by atoms with van der Waals surface area (Å²) < 4.78 is 1.90. The molecule has 2 atom stereocenters. The molecule has 2 bridgehead atoms. The van der Waals surface area contributed by atoms with E-state index in [1.165, 1.54) is 16.9 Å². The first-order chi connectivity index (χ1) is 17.1. The highest BCUT2D eigenvalue weighted by molar-refractivity contribution is 7.20. The van der Waals surface area contributed by atoms with Crippen LogP contribution in [0.4, 0.5) is 5.82 Å². The number of fused-ring (bicyclic) bond motifs is 5. The minimum atomic E-state index is 0.0576. The number of hydrogen-bond acceptors (Lipinski definition) is 6. The number of aryl methyl sites for hydroxylation is 1. The fourth-order valence-corrected chi connectivity index (χ4v) is 6.70. The first-order valence-electron chi connectivity index (χ1n) is 12.1. The number of aromatic nitrogens is 3. The fraction of sp³-hybridized carbons (Fsp3) is 0.333. The number of nitrogens with one attached hydrogen (secondary N) is 1. The van der Waals surface area contributed by atoms with Gasteiger partial charge in [-0.1, -0.05) is 36.4 Å². The zero-order valence-electron chi connectivity index (χ0n) is 19.6. The summed E-state index contributed by atoms with van der Waals surface area (Å²) in [7, 11) is 0. The highest BCUT2D eigenvalue weighted by Crippen LogP contribution is 2.38. The van der Waals surface area contributed by atoms with E-state index >= 15 is 0 Å². The van der Waals surface area contributed by atoms with Crippen molar-refractivity contribution >= 4 is 33.3 Å². The molecule has 1 saturated heterocycles. The third-order valence-electron chi connectivity index (χ3n) is 7.24. The van der Waals surface area contributed by atoms with E-state index < -0.39 is 0 Å². The summed E-state index contributed by atoms with van der Waals surface area (Å²) in [6.45, 7) is 4.75. The van der Waals surface area contributed by atoms with E-state index in [1.807, 2.05) is 46.7 Å². The molecule has 1 amide bonds. The van der Waals surface area contributed by atoms with Gasteiger partial charge >= 0.3 is 0 Å². The maximum atomic E-state index is 13.7. The molecule has 8 heteroatoms. The molecule has 0 unspecified atom stereocenters. The summed E-state index contributed by atoms with van der Waals surface area (Å²) in [5.74, 6) is 1.34. The quantitative estimate of drug-likeness (QED) is 0.461. The van der Waals surface area contributed by atoms with E-state index in [2.05, 4.69) is 27.4 Å². The average Bonchev–Trinajstić information content (AvgIpc) is 3.22. The van der Waals surface area contributed by atoms with E-state index in [0.717, 1.165) is 51.6 Å². The summed E-state index contributed by atoms with van der Waals surface area (Å²) in [5, 5.41) is 4.39. The number of pyridine rings is 1. The summed E-state index contributed by atoms with van der Waals surface area (Å²) in [4.78, 5) is 38.5. The predicted molar refractivity (Wildman–Crippen MR) is 138 cm³/mol. The van der Waals surface area contributed by atoms with Gasteiger partial charge in [-0.3, -0.25) is 9.59 Å². The molecule has 35 heavy (non-hydrogen) atoms. The van der Waals surface area contributed by atoms with Gasteiger partial charge in [0.1, 0.15) is 17.0 Å². The molecule has 1 aromatic carbocycles. The van der Waals surface area contributed by atoms with Crippen LogP contribution in [0.3, 0.4) is 0 Å². The largest absolute Gasteiger partial charge is 0.369 e. The lowest BCUT2D eigenvalue weighted by atomic mass is 9.83. The van der Waals surface area contributed by atoms with Gasteiger partial charge in [-0.2, -0.15) is 0 Å². The highest BCUT2D eigenvalue weighted by atomic mass is 32.1. The molecule has 2 aliphatic heterocycles. The zero-order valence-corrected chi connectivity index (χ0v) is 20.4. The third-order valence-corrected chi connectivity index (χ3v) is 8.42. The molecule has 1 fully saturated rings. The molecule has 5 heterocycles. The monoisotopic (exact) mass is 485 g/mol. The summed E-state index contributed by atoms with van der Waals surface area (Å²) >= 11 is 1.45. The first-order valence-corrected chi connectivity index (χ1v) is 12.9. The molecule has 0 radical (unpaired) electrons. The fourth-order valence-electron chi connectivity index (χ4n) is 5.59. The Balaban J connectivity index is 1.24. The van der Waals surface area contributed by atoms with E-state index in [0.29, 0.717) is 25.6 Å². The van der Waals surface area contributed by atoms with Crippen LogP contribution in [0.2, 0.25) is 0 Å². The van der Waals surface area contributed by atoms with Crippen molar-refractivity contribution in [3.8, 4) is 0 Å². The number of carbonyl (C=O) groups excluding carboxylic acids is 1. The second-order valence-corrected chi connectivity index (χ2v) is 10.5. The summed E-state index contributed by atoms with van der Waals surface area (Å²) in [6, 6.07) is 15.8. The Kier molecular flexibility index (Phi) is 5.60. The van der Waals surface area contributed by atoms with E-state index in [1.54, 1.807) is 12.4 Å². The van der Waals surface area contributed by atoms with Gasteiger partial charge in [0, 0.05) is 43.9 Å². The third kappa shape index (κ3) is 4.01. The normalized spacial score (nSPS) is 18.9. The molecule has 0 aliphatic carbocycles. The van der Waals surface area contributed by atoms with Crippen molar-refractivity contribution in [1.29, 1.82) is 0 Å². The Morgan fingerprint density at radius 3 is 2.80 bits per heavy atom. The number of nitrogens with zero attached hydrogens (tertiary/aromatic N) is 4. The molecular weight excluding hydrogens is 458 g/mol. The minimum absolute atomic E-state index is 0.0576. The van der Waals surface area contributed by atoms with Gasteiger partial charge in [0.2, 0.25) is 0 Å². The molecular formula is C27H27N5O2S. The summed E-state index contributed by atoms with van der Waals surface area (Å²) in [6.07, 6.45) is 3.49. The van der Waals surface area contributed by atoms with Crippen LogP contribution < -0.4 is 10.9 Å². The number of anilines is 1. The lowest BCUT2D eigenvalue weighted by molar-refractivity contribution is 0.0599. The number of likely N-dealkylation sites (tertiary alicyclic amines) is 1. The van der Waals surface area contributed by atoms with Gasteiger partial charge in [0.25, 0.3) is 11.5 Å². The Hall–Kier alpha value is -3.52. The zero-order chi connectivity index (χ0) is 23.9. The van der Waals surface area contributed by atoms with Crippen LogP contribution in [0.1, 0.15) is 38.8 Å². The van der Waals surface area contributed by atoms with E-state index in [4.69, 9.17) is 0 Å². The second-order valence-electron chi connectivity index (χ2n) is 9.53. The number of amides is 1. The van der Waals surface area contributed by atoms with Crippen molar-refractivity contribution in [2.75, 3.05) is 25.0 Å². The van der Waals surface area contributed by atoms with Gasteiger partial charge in [0.05, 0.1) is 10.3 Å². The smallest absolute Gasteiger partial charge is 0.264 e. The molecule has 0 spiro atoms. The molecule has 4 aromatic rings. The van der Waals surface area contributed by atoms with Gasteiger partial charge in [-0.25, -0.2) is 9.97 Å². The minimum Gasteiger partial charge on any atom is -0.369 e. The van der Waals surface area contributed by atoms with Crippen LogP contribution in [-0.4, -0.2) is 45.0 Å². The van der Waals surface area contributed by atoms with Gasteiger partial charge < -0.3 is 14.8 Å². The van der Waals surface area contributed by atoms with E-state index in [-0.39, 0.29) is 17.4 Å². The Morgan fingerprint density at radius 1 is 1.09 bits per heavy atom. The summed E-state index contributed by atoms with van der Waals surface area (Å²) in [5.41, 5.74) is 3.31. The van der Waals surface area contributed by atoms with Crippen LogP contribution in [0, 0.1) is 12.8 Å². The molecule has 6 rings (SSSR count). The second kappa shape index (κ2) is 8.92. The first kappa shape index (κ1) is 22.0. The average molecular weight is 486 g/mol. The highest BCUT2D eigenvalue weighted by Gasteiger charge is 2.37. The predicted octanol–water partition coefficient (Wildman–Crippen LogP) is 4.08. The topological polar surface area (TPSA) is 80.1 Å². The Labute approximate surface area is 207 Å². The molecule has 0 saturated carbocycles. The molecule has 2 aliphatic rings. The number of hydrogen-bond donors (Lipinski definition) is 1. The van der Waals surface area contributed by atoms with Gasteiger partial charge in [0.15, 0.2) is 0 Å². The van der Waals surface area contributed by atoms with Crippen LogP contribution in [0.15, 0.2) is 59.7 Å². The maximum absolute atomic E-state index is 13.7. The SMILES string of the molecule is Cc1c(C(=O)N2C[C@@H]3C[C@H](C2)c2cccc(=O)n2C3)sc2ncnc(NCCc3ccccc3)c12. The van der Waals surface area contributed by atoms with Crippen LogP contribution in [-0.2, 0) is 13.0 Å². The lowest BCUT2D eigenvalue weighted by Gasteiger charge is -2.42. The Bertz CT molecular complexity index is 1460. The number of piperidine rings is 1. The van der Waals surface area contributed by atoms with Crippen molar-refractivity contribution in [2.24, 2.45) is 5.92 Å². The number of rotatable bonds is 5. The molecule has 3 aromatic heterocycles. The Morgan fingerprint density at radius 2 is 1.94 bits per heavy atom. The van der Waals surface area contributed by atoms with Gasteiger partial charge in [-0.05, 0) is 42.9 Å². The molecule has 178 valence electrons. The van der Waals surface area contributed by atoms with Crippen molar-refractivity contribution in [2.45, 2.75) is 32.2 Å². The number of carbonyl (C=O) groups is 1. The van der Waals surface area contributed by atoms with Crippen molar-refractivity contribution in [3.63, 3.8) is 0 Å². The number of thiophene rings is 1. The molecule has 1 N–H and O–H groups in total. The lowest BCUT2D eigenvalue weighted by Crippen LogP contribution is -2.49. The molecule has 7 nitrogen and oxygen atoms in total. The van der Waals surface area contributed by atoms with E-state index in [9.17, 15) is 9.59 Å². The van der Waals surface area contributed by atoms with Crippen molar-refractivity contribution in [1.82, 2.24) is 19.4 Å².